The van der Waals surface area contributed by atoms with E-state index in [0.29, 0.717) is 6.54 Å². The van der Waals surface area contributed by atoms with Gasteiger partial charge in [0.05, 0.1) is 12.7 Å². The molecular weight excluding hydrogens is 206 g/mol. The van der Waals surface area contributed by atoms with Crippen molar-refractivity contribution in [1.82, 2.24) is 14.9 Å². The number of carbonyl (C=O) groups excluding carboxylic acids is 1. The Kier molecular flexibility index (Phi) is 4.28. The zero-order valence-corrected chi connectivity index (χ0v) is 9.06. The number of nitrogens with one attached hydrogen (secondary N) is 1. The summed E-state index contributed by atoms with van der Waals surface area (Å²) in [5, 5.41) is 0. The summed E-state index contributed by atoms with van der Waals surface area (Å²) in [6.07, 6.45) is 8.37. The van der Waals surface area contributed by atoms with Crippen LogP contribution in [0.4, 0.5) is 0 Å². The van der Waals surface area contributed by atoms with Crippen LogP contribution in [0.2, 0.25) is 0 Å². The van der Waals surface area contributed by atoms with E-state index in [4.69, 9.17) is 6.42 Å². The van der Waals surface area contributed by atoms with Crippen molar-refractivity contribution in [2.75, 3.05) is 13.1 Å². The van der Waals surface area contributed by atoms with Crippen molar-refractivity contribution in [1.29, 1.82) is 0 Å². The third-order valence-corrected chi connectivity index (χ3v) is 1.95. The molecule has 0 radical (unpaired) electrons. The van der Waals surface area contributed by atoms with E-state index in [1.54, 1.807) is 0 Å². The molecule has 0 saturated carbocycles. The first-order valence-corrected chi connectivity index (χ1v) is 4.96. The fourth-order valence-electron chi connectivity index (χ4n) is 1.25. The molecule has 5 nitrogen and oxygen atoms in total. The Hall–Kier alpha value is -2.09. The average Bonchev–Trinajstić information content (AvgIpc) is 2.29. The number of hydrogen-bond acceptors (Lipinski definition) is 3. The summed E-state index contributed by atoms with van der Waals surface area (Å²) in [6, 6.07) is 0. The van der Waals surface area contributed by atoms with Crippen LogP contribution >= 0.6 is 0 Å². The van der Waals surface area contributed by atoms with Crippen LogP contribution < -0.4 is 5.56 Å². The van der Waals surface area contributed by atoms with Crippen LogP contribution in [0, 0.1) is 12.3 Å². The standard InChI is InChI=1S/C11H13N3O2/c1-3-5-14(6-4-2)11(16)9-7-13-10(15)8-12-9/h1,7-8H,4-6H2,2H3,(H,13,15). The Morgan fingerprint density at radius 3 is 2.94 bits per heavy atom. The van der Waals surface area contributed by atoms with Gasteiger partial charge >= 0.3 is 0 Å². The van der Waals surface area contributed by atoms with Gasteiger partial charge in [-0.3, -0.25) is 9.59 Å². The zero-order chi connectivity index (χ0) is 12.0. The Balaban J connectivity index is 2.86. The molecule has 0 spiro atoms. The van der Waals surface area contributed by atoms with Gasteiger partial charge in [0.25, 0.3) is 11.5 Å². The van der Waals surface area contributed by atoms with Crippen molar-refractivity contribution < 1.29 is 4.79 Å². The number of terminal acetylenes is 1. The molecule has 0 aliphatic heterocycles. The van der Waals surface area contributed by atoms with E-state index < -0.39 is 0 Å². The largest absolute Gasteiger partial charge is 0.326 e. The van der Waals surface area contributed by atoms with Crippen molar-refractivity contribution in [3.8, 4) is 12.3 Å². The lowest BCUT2D eigenvalue weighted by Gasteiger charge is -2.18. The van der Waals surface area contributed by atoms with E-state index in [1.165, 1.54) is 11.1 Å². The SMILES string of the molecule is C#CCN(CCC)C(=O)c1c[nH]c(=O)cn1. The summed E-state index contributed by atoms with van der Waals surface area (Å²) in [5.41, 5.74) is -0.140. The molecule has 16 heavy (non-hydrogen) atoms. The number of nitrogens with zero attached hydrogens (tertiary/aromatic N) is 2. The van der Waals surface area contributed by atoms with Gasteiger partial charge in [-0.1, -0.05) is 12.8 Å². The van der Waals surface area contributed by atoms with Gasteiger partial charge in [0.2, 0.25) is 0 Å². The maximum absolute atomic E-state index is 11.9. The highest BCUT2D eigenvalue weighted by molar-refractivity contribution is 5.92. The fraction of sp³-hybridized carbons (Fsp3) is 0.364. The molecule has 5 heteroatoms. The van der Waals surface area contributed by atoms with E-state index >= 15 is 0 Å². The molecule has 1 rings (SSSR count). The summed E-state index contributed by atoms with van der Waals surface area (Å²) < 4.78 is 0. The van der Waals surface area contributed by atoms with Crippen molar-refractivity contribution in [2.24, 2.45) is 0 Å². The summed E-state index contributed by atoms with van der Waals surface area (Å²) in [6.45, 7) is 2.77. The van der Waals surface area contributed by atoms with Gasteiger partial charge in [-0.05, 0) is 6.42 Å². The van der Waals surface area contributed by atoms with Crippen molar-refractivity contribution in [2.45, 2.75) is 13.3 Å². The monoisotopic (exact) mass is 219 g/mol. The Bertz CT molecular complexity index is 439. The highest BCUT2D eigenvalue weighted by atomic mass is 16.2. The lowest BCUT2D eigenvalue weighted by Crippen LogP contribution is -2.33. The van der Waals surface area contributed by atoms with E-state index in [0.717, 1.165) is 12.6 Å². The third-order valence-electron chi connectivity index (χ3n) is 1.95. The lowest BCUT2D eigenvalue weighted by atomic mass is 10.3. The van der Waals surface area contributed by atoms with Crippen LogP contribution in [0.15, 0.2) is 17.2 Å². The number of carbonyl (C=O) groups is 1. The minimum absolute atomic E-state index is 0.198. The molecule has 1 aromatic rings. The number of amides is 1. The maximum Gasteiger partial charge on any atom is 0.274 e. The predicted octanol–water partition coefficient (Wildman–Crippen LogP) is 0.255. The van der Waals surface area contributed by atoms with E-state index in [2.05, 4.69) is 15.9 Å². The minimum Gasteiger partial charge on any atom is -0.326 e. The second-order valence-electron chi connectivity index (χ2n) is 3.23. The van der Waals surface area contributed by atoms with Crippen molar-refractivity contribution in [3.05, 3.63) is 28.4 Å². The molecule has 1 N–H and O–H groups in total. The van der Waals surface area contributed by atoms with Gasteiger partial charge in [0.15, 0.2) is 0 Å². The molecule has 0 aromatic carbocycles. The van der Waals surface area contributed by atoms with Crippen LogP contribution in [0.5, 0.6) is 0 Å². The van der Waals surface area contributed by atoms with Gasteiger partial charge in [-0.25, -0.2) is 4.98 Å². The van der Waals surface area contributed by atoms with Gasteiger partial charge < -0.3 is 9.88 Å². The topological polar surface area (TPSA) is 66.1 Å². The van der Waals surface area contributed by atoms with Crippen LogP contribution in [0.1, 0.15) is 23.8 Å². The number of H-pyrrole nitrogens is 1. The van der Waals surface area contributed by atoms with Crippen LogP contribution in [0.3, 0.4) is 0 Å². The zero-order valence-electron chi connectivity index (χ0n) is 9.06. The molecule has 1 heterocycles. The van der Waals surface area contributed by atoms with Gasteiger partial charge in [-0.15, -0.1) is 6.42 Å². The van der Waals surface area contributed by atoms with Crippen LogP contribution in [-0.4, -0.2) is 33.9 Å². The molecule has 84 valence electrons. The average molecular weight is 219 g/mol. The number of aromatic amines is 1. The highest BCUT2D eigenvalue weighted by Crippen LogP contribution is 1.99. The third kappa shape index (κ3) is 2.95. The number of rotatable bonds is 4. The van der Waals surface area contributed by atoms with E-state index in [-0.39, 0.29) is 23.7 Å². The molecule has 0 unspecified atom stereocenters. The molecule has 0 saturated heterocycles. The smallest absolute Gasteiger partial charge is 0.274 e. The Morgan fingerprint density at radius 2 is 2.44 bits per heavy atom. The first-order chi connectivity index (χ1) is 7.69. The summed E-state index contributed by atoms with van der Waals surface area (Å²) in [5.74, 6) is 2.15. The second-order valence-corrected chi connectivity index (χ2v) is 3.23. The molecular formula is C11H13N3O2. The first-order valence-electron chi connectivity index (χ1n) is 4.96. The Labute approximate surface area is 93.5 Å². The van der Waals surface area contributed by atoms with E-state index in [1.807, 2.05) is 6.92 Å². The summed E-state index contributed by atoms with van der Waals surface area (Å²) >= 11 is 0. The molecule has 0 aliphatic rings. The normalized spacial score (nSPS) is 9.50. The molecule has 1 amide bonds. The second kappa shape index (κ2) is 5.71. The van der Waals surface area contributed by atoms with Crippen LogP contribution in [-0.2, 0) is 0 Å². The quantitative estimate of drug-likeness (QED) is 0.738. The minimum atomic E-state index is -0.337. The molecule has 0 atom stereocenters. The summed E-state index contributed by atoms with van der Waals surface area (Å²) in [4.78, 5) is 30.3. The predicted molar refractivity (Wildman–Crippen MR) is 59.9 cm³/mol. The maximum atomic E-state index is 11.9. The number of aromatic nitrogens is 2. The van der Waals surface area contributed by atoms with Gasteiger partial charge in [0, 0.05) is 12.7 Å². The fourth-order valence-corrected chi connectivity index (χ4v) is 1.25. The summed E-state index contributed by atoms with van der Waals surface area (Å²) in [7, 11) is 0. The molecule has 1 aromatic heterocycles. The highest BCUT2D eigenvalue weighted by Gasteiger charge is 2.15. The van der Waals surface area contributed by atoms with Gasteiger partial charge in [0.1, 0.15) is 5.69 Å². The molecule has 0 aliphatic carbocycles. The Morgan fingerprint density at radius 1 is 1.69 bits per heavy atom. The van der Waals surface area contributed by atoms with Crippen molar-refractivity contribution in [3.63, 3.8) is 0 Å². The number of hydrogen-bond donors (Lipinski definition) is 1. The van der Waals surface area contributed by atoms with E-state index in [9.17, 15) is 9.59 Å². The van der Waals surface area contributed by atoms with Crippen LogP contribution in [0.25, 0.3) is 0 Å². The van der Waals surface area contributed by atoms with Gasteiger partial charge in [-0.2, -0.15) is 0 Å². The molecule has 0 bridgehead atoms. The first kappa shape index (κ1) is 12.0. The molecule has 0 fully saturated rings. The lowest BCUT2D eigenvalue weighted by molar-refractivity contribution is 0.0770. The van der Waals surface area contributed by atoms with Crippen molar-refractivity contribution >= 4 is 5.91 Å².